The summed E-state index contributed by atoms with van der Waals surface area (Å²) in [5, 5.41) is 1.55. The number of halogens is 3. The number of ether oxygens (including phenoxy) is 1. The summed E-state index contributed by atoms with van der Waals surface area (Å²) in [7, 11) is 0. The summed E-state index contributed by atoms with van der Waals surface area (Å²) >= 11 is 7.11. The standard InChI is InChI=1S/C14H19Br2FO/c1-11(2)18-7-6-14(9-15,10-16)12-4-3-5-13(17)8-12/h3-5,8,11H,6-7,9-10H2,1-2H3. The molecule has 1 rings (SSSR count). The first-order chi connectivity index (χ1) is 8.54. The van der Waals surface area contributed by atoms with Crippen molar-refractivity contribution in [1.29, 1.82) is 0 Å². The average molecular weight is 382 g/mol. The van der Waals surface area contributed by atoms with Gasteiger partial charge in [-0.1, -0.05) is 44.0 Å². The normalized spacial score (nSPS) is 12.1. The molecular weight excluding hydrogens is 363 g/mol. The molecule has 0 aromatic heterocycles. The van der Waals surface area contributed by atoms with Gasteiger partial charge < -0.3 is 4.74 Å². The molecule has 0 bridgehead atoms. The van der Waals surface area contributed by atoms with E-state index < -0.39 is 0 Å². The van der Waals surface area contributed by atoms with E-state index in [1.165, 1.54) is 6.07 Å². The second-order valence-corrected chi connectivity index (χ2v) is 5.85. The van der Waals surface area contributed by atoms with E-state index in [9.17, 15) is 4.39 Å². The van der Waals surface area contributed by atoms with Crippen molar-refractivity contribution in [2.24, 2.45) is 0 Å². The third kappa shape index (κ3) is 4.32. The summed E-state index contributed by atoms with van der Waals surface area (Å²) in [6.07, 6.45) is 1.08. The number of hydrogen-bond donors (Lipinski definition) is 0. The number of benzene rings is 1. The molecule has 0 unspecified atom stereocenters. The average Bonchev–Trinajstić information content (AvgIpc) is 2.35. The van der Waals surface area contributed by atoms with Crippen LogP contribution in [0.3, 0.4) is 0 Å². The molecule has 0 heterocycles. The monoisotopic (exact) mass is 380 g/mol. The molecule has 1 aromatic carbocycles. The first-order valence-corrected chi connectivity index (χ1v) is 8.28. The molecule has 0 radical (unpaired) electrons. The van der Waals surface area contributed by atoms with Crippen molar-refractivity contribution in [2.45, 2.75) is 31.8 Å². The highest BCUT2D eigenvalue weighted by Crippen LogP contribution is 2.33. The molecule has 0 amide bonds. The van der Waals surface area contributed by atoms with E-state index in [0.29, 0.717) is 6.61 Å². The van der Waals surface area contributed by atoms with Gasteiger partial charge >= 0.3 is 0 Å². The van der Waals surface area contributed by atoms with Crippen molar-refractivity contribution in [2.75, 3.05) is 17.3 Å². The van der Waals surface area contributed by atoms with Gasteiger partial charge in [0.1, 0.15) is 5.82 Å². The van der Waals surface area contributed by atoms with E-state index in [1.54, 1.807) is 12.1 Å². The van der Waals surface area contributed by atoms with Crippen LogP contribution >= 0.6 is 31.9 Å². The van der Waals surface area contributed by atoms with E-state index in [1.807, 2.05) is 19.9 Å². The maximum atomic E-state index is 13.4. The van der Waals surface area contributed by atoms with Crippen LogP contribution in [0.1, 0.15) is 25.8 Å². The Labute approximate surface area is 125 Å². The van der Waals surface area contributed by atoms with Crippen LogP contribution in [0.15, 0.2) is 24.3 Å². The summed E-state index contributed by atoms with van der Waals surface area (Å²) < 4.78 is 19.0. The summed E-state index contributed by atoms with van der Waals surface area (Å²) in [6, 6.07) is 6.81. The SMILES string of the molecule is CC(C)OCCC(CBr)(CBr)c1cccc(F)c1. The fourth-order valence-electron chi connectivity index (χ4n) is 1.78. The zero-order chi connectivity index (χ0) is 13.6. The highest BCUT2D eigenvalue weighted by molar-refractivity contribution is 9.09. The van der Waals surface area contributed by atoms with Gasteiger partial charge in [0.05, 0.1) is 6.10 Å². The van der Waals surface area contributed by atoms with E-state index in [4.69, 9.17) is 4.74 Å². The van der Waals surface area contributed by atoms with E-state index in [-0.39, 0.29) is 17.3 Å². The molecule has 102 valence electrons. The van der Waals surface area contributed by atoms with Crippen LogP contribution in [-0.4, -0.2) is 23.4 Å². The summed E-state index contributed by atoms with van der Waals surface area (Å²) in [5.41, 5.74) is 0.875. The molecule has 18 heavy (non-hydrogen) atoms. The molecule has 0 N–H and O–H groups in total. The Morgan fingerprint density at radius 2 is 1.94 bits per heavy atom. The van der Waals surface area contributed by atoms with Crippen molar-refractivity contribution in [3.8, 4) is 0 Å². The van der Waals surface area contributed by atoms with Gasteiger partial charge in [-0.2, -0.15) is 0 Å². The predicted octanol–water partition coefficient (Wildman–Crippen LogP) is 4.67. The van der Waals surface area contributed by atoms with E-state index in [2.05, 4.69) is 31.9 Å². The number of alkyl halides is 2. The smallest absolute Gasteiger partial charge is 0.123 e. The lowest BCUT2D eigenvalue weighted by Crippen LogP contribution is -2.32. The van der Waals surface area contributed by atoms with Crippen molar-refractivity contribution in [3.05, 3.63) is 35.6 Å². The molecule has 0 saturated carbocycles. The van der Waals surface area contributed by atoms with Crippen molar-refractivity contribution in [1.82, 2.24) is 0 Å². The van der Waals surface area contributed by atoms with Crippen molar-refractivity contribution < 1.29 is 9.13 Å². The summed E-state index contributed by atoms with van der Waals surface area (Å²) in [4.78, 5) is 0. The molecule has 0 fully saturated rings. The van der Waals surface area contributed by atoms with E-state index in [0.717, 1.165) is 22.6 Å². The highest BCUT2D eigenvalue weighted by Gasteiger charge is 2.30. The first-order valence-electron chi connectivity index (χ1n) is 6.03. The molecule has 0 atom stereocenters. The van der Waals surface area contributed by atoms with Gasteiger partial charge in [-0.25, -0.2) is 4.39 Å². The van der Waals surface area contributed by atoms with Crippen molar-refractivity contribution >= 4 is 31.9 Å². The zero-order valence-electron chi connectivity index (χ0n) is 10.8. The molecule has 1 nitrogen and oxygen atoms in total. The molecule has 1 aromatic rings. The van der Waals surface area contributed by atoms with Crippen LogP contribution in [0, 0.1) is 5.82 Å². The minimum absolute atomic E-state index is 0.128. The Morgan fingerprint density at radius 1 is 1.28 bits per heavy atom. The fourth-order valence-corrected chi connectivity index (χ4v) is 3.91. The van der Waals surface area contributed by atoms with Crippen LogP contribution in [0.5, 0.6) is 0 Å². The summed E-state index contributed by atoms with van der Waals surface area (Å²) in [5.74, 6) is -0.191. The molecule has 0 saturated heterocycles. The van der Waals surface area contributed by atoms with Gasteiger partial charge in [0.2, 0.25) is 0 Å². The maximum absolute atomic E-state index is 13.4. The molecular formula is C14H19Br2FO. The molecule has 0 spiro atoms. The second-order valence-electron chi connectivity index (χ2n) is 4.73. The third-order valence-electron chi connectivity index (χ3n) is 2.98. The van der Waals surface area contributed by atoms with Crippen LogP contribution < -0.4 is 0 Å². The van der Waals surface area contributed by atoms with Gasteiger partial charge in [0, 0.05) is 22.7 Å². The first kappa shape index (κ1) is 16.1. The predicted molar refractivity (Wildman–Crippen MR) is 81.4 cm³/mol. The maximum Gasteiger partial charge on any atom is 0.123 e. The largest absolute Gasteiger partial charge is 0.379 e. The van der Waals surface area contributed by atoms with Crippen LogP contribution in [0.4, 0.5) is 4.39 Å². The summed E-state index contributed by atoms with van der Waals surface area (Å²) in [6.45, 7) is 4.71. The van der Waals surface area contributed by atoms with Gasteiger partial charge in [-0.05, 0) is 38.0 Å². The van der Waals surface area contributed by atoms with Gasteiger partial charge in [0.25, 0.3) is 0 Å². The molecule has 0 aliphatic rings. The van der Waals surface area contributed by atoms with Gasteiger partial charge in [0.15, 0.2) is 0 Å². The Kier molecular flexibility index (Phi) is 6.82. The molecule has 4 heteroatoms. The van der Waals surface area contributed by atoms with Crippen molar-refractivity contribution in [3.63, 3.8) is 0 Å². The second kappa shape index (κ2) is 7.61. The van der Waals surface area contributed by atoms with Crippen LogP contribution in [0.25, 0.3) is 0 Å². The van der Waals surface area contributed by atoms with Crippen LogP contribution in [-0.2, 0) is 10.2 Å². The Bertz CT molecular complexity index is 365. The molecule has 0 aliphatic heterocycles. The highest BCUT2D eigenvalue weighted by atomic mass is 79.9. The van der Waals surface area contributed by atoms with Gasteiger partial charge in [-0.15, -0.1) is 0 Å². The van der Waals surface area contributed by atoms with Crippen LogP contribution in [0.2, 0.25) is 0 Å². The Balaban J connectivity index is 2.85. The molecule has 0 aliphatic carbocycles. The lowest BCUT2D eigenvalue weighted by molar-refractivity contribution is 0.0681. The Hall–Kier alpha value is 0.0700. The van der Waals surface area contributed by atoms with Gasteiger partial charge in [-0.3, -0.25) is 0 Å². The fraction of sp³-hybridized carbons (Fsp3) is 0.571. The third-order valence-corrected chi connectivity index (χ3v) is 5.13. The quantitative estimate of drug-likeness (QED) is 0.623. The minimum atomic E-state index is -0.191. The lowest BCUT2D eigenvalue weighted by atomic mass is 9.81. The number of hydrogen-bond acceptors (Lipinski definition) is 1. The zero-order valence-corrected chi connectivity index (χ0v) is 13.9. The number of rotatable bonds is 7. The Morgan fingerprint density at radius 3 is 2.44 bits per heavy atom. The minimum Gasteiger partial charge on any atom is -0.379 e. The lowest BCUT2D eigenvalue weighted by Gasteiger charge is -2.31. The van der Waals surface area contributed by atoms with E-state index >= 15 is 0 Å². The topological polar surface area (TPSA) is 9.23 Å².